The molecule has 0 aliphatic rings. The Labute approximate surface area is 127 Å². The second kappa shape index (κ2) is 5.04. The van der Waals surface area contributed by atoms with Gasteiger partial charge in [0.05, 0.1) is 10.5 Å². The van der Waals surface area contributed by atoms with Crippen LogP contribution in [0.25, 0.3) is 22.3 Å². The van der Waals surface area contributed by atoms with Gasteiger partial charge in [-0.1, -0.05) is 41.4 Å². The quantitative estimate of drug-likeness (QED) is 0.576. The number of hydrogen-bond donors (Lipinski definition) is 0. The highest BCUT2D eigenvalue weighted by molar-refractivity contribution is 6.35. The first-order valence-corrected chi connectivity index (χ1v) is 7.01. The van der Waals surface area contributed by atoms with Crippen LogP contribution in [0, 0.1) is 13.8 Å². The van der Waals surface area contributed by atoms with Gasteiger partial charge in [-0.2, -0.15) is 0 Å². The maximum atomic E-state index is 6.31. The molecule has 0 amide bonds. The van der Waals surface area contributed by atoms with Crippen molar-refractivity contribution in [3.8, 4) is 11.4 Å². The van der Waals surface area contributed by atoms with Gasteiger partial charge in [0.25, 0.3) is 0 Å². The van der Waals surface area contributed by atoms with Gasteiger partial charge < -0.3 is 0 Å². The van der Waals surface area contributed by atoms with E-state index in [1.54, 1.807) is 0 Å². The molecule has 100 valence electrons. The highest BCUT2D eigenvalue weighted by atomic mass is 35.5. The van der Waals surface area contributed by atoms with Gasteiger partial charge >= 0.3 is 0 Å². The SMILES string of the molecule is Cc1ccc(-c2nc(Cl)c3c(C)cccc3n2)c(Cl)c1. The van der Waals surface area contributed by atoms with Crippen LogP contribution in [0.5, 0.6) is 0 Å². The maximum Gasteiger partial charge on any atom is 0.162 e. The summed E-state index contributed by atoms with van der Waals surface area (Å²) < 4.78 is 0. The third kappa shape index (κ3) is 2.26. The van der Waals surface area contributed by atoms with Crippen LogP contribution in [0.4, 0.5) is 0 Å². The first kappa shape index (κ1) is 13.3. The van der Waals surface area contributed by atoms with Gasteiger partial charge in [-0.3, -0.25) is 0 Å². The smallest absolute Gasteiger partial charge is 0.162 e. The Balaban J connectivity index is 2.28. The highest BCUT2D eigenvalue weighted by Crippen LogP contribution is 2.30. The molecule has 3 aromatic rings. The van der Waals surface area contributed by atoms with Crippen LogP contribution in [0.15, 0.2) is 36.4 Å². The molecule has 3 rings (SSSR count). The summed E-state index contributed by atoms with van der Waals surface area (Å²) in [6, 6.07) is 11.7. The zero-order valence-electron chi connectivity index (χ0n) is 11.1. The van der Waals surface area contributed by atoms with Crippen molar-refractivity contribution in [1.82, 2.24) is 9.97 Å². The van der Waals surface area contributed by atoms with Gasteiger partial charge in [0.2, 0.25) is 0 Å². The van der Waals surface area contributed by atoms with E-state index in [1.807, 2.05) is 50.2 Å². The Morgan fingerprint density at radius 1 is 0.950 bits per heavy atom. The minimum absolute atomic E-state index is 0.458. The van der Waals surface area contributed by atoms with E-state index in [-0.39, 0.29) is 0 Å². The minimum atomic E-state index is 0.458. The van der Waals surface area contributed by atoms with Crippen molar-refractivity contribution in [2.45, 2.75) is 13.8 Å². The standard InChI is InChI=1S/C16H12Cl2N2/c1-9-6-7-11(12(17)8-9)16-19-13-5-3-4-10(2)14(13)15(18)20-16/h3-8H,1-2H3. The third-order valence-corrected chi connectivity index (χ3v) is 3.84. The first-order valence-electron chi connectivity index (χ1n) is 6.25. The summed E-state index contributed by atoms with van der Waals surface area (Å²) in [5.74, 6) is 0.554. The largest absolute Gasteiger partial charge is 0.228 e. The number of benzene rings is 2. The average Bonchev–Trinajstić information content (AvgIpc) is 2.38. The predicted octanol–water partition coefficient (Wildman–Crippen LogP) is 5.22. The fourth-order valence-corrected chi connectivity index (χ4v) is 2.87. The molecule has 4 heteroatoms. The monoisotopic (exact) mass is 302 g/mol. The lowest BCUT2D eigenvalue weighted by atomic mass is 10.1. The number of fused-ring (bicyclic) bond motifs is 1. The molecule has 1 aromatic heterocycles. The highest BCUT2D eigenvalue weighted by Gasteiger charge is 2.12. The van der Waals surface area contributed by atoms with Crippen molar-refractivity contribution in [2.75, 3.05) is 0 Å². The molecule has 0 atom stereocenters. The summed E-state index contributed by atoms with van der Waals surface area (Å²) in [4.78, 5) is 8.97. The molecule has 0 N–H and O–H groups in total. The van der Waals surface area contributed by atoms with Gasteiger partial charge in [0, 0.05) is 10.9 Å². The van der Waals surface area contributed by atoms with Crippen molar-refractivity contribution in [1.29, 1.82) is 0 Å². The zero-order valence-corrected chi connectivity index (χ0v) is 12.6. The van der Waals surface area contributed by atoms with E-state index >= 15 is 0 Å². The lowest BCUT2D eigenvalue weighted by Gasteiger charge is -2.08. The molecule has 20 heavy (non-hydrogen) atoms. The molecule has 0 saturated carbocycles. The Kier molecular flexibility index (Phi) is 3.36. The second-order valence-corrected chi connectivity index (χ2v) is 5.56. The Morgan fingerprint density at radius 2 is 1.75 bits per heavy atom. The van der Waals surface area contributed by atoms with Gasteiger partial charge in [0.1, 0.15) is 5.15 Å². The molecule has 0 aliphatic heterocycles. The summed E-state index contributed by atoms with van der Waals surface area (Å²) in [5.41, 5.74) is 3.79. The van der Waals surface area contributed by atoms with Crippen LogP contribution < -0.4 is 0 Å². The van der Waals surface area contributed by atoms with Crippen LogP contribution in [0.2, 0.25) is 10.2 Å². The van der Waals surface area contributed by atoms with E-state index in [2.05, 4.69) is 9.97 Å². The Bertz CT molecular complexity index is 813. The van der Waals surface area contributed by atoms with E-state index in [9.17, 15) is 0 Å². The molecule has 0 fully saturated rings. The molecular formula is C16H12Cl2N2. The van der Waals surface area contributed by atoms with Crippen LogP contribution in [-0.2, 0) is 0 Å². The van der Waals surface area contributed by atoms with Crippen LogP contribution in [-0.4, -0.2) is 9.97 Å². The number of halogens is 2. The van der Waals surface area contributed by atoms with E-state index in [1.165, 1.54) is 0 Å². The van der Waals surface area contributed by atoms with Gasteiger partial charge in [-0.15, -0.1) is 0 Å². The molecule has 0 spiro atoms. The van der Waals surface area contributed by atoms with Crippen molar-refractivity contribution in [2.24, 2.45) is 0 Å². The topological polar surface area (TPSA) is 25.8 Å². The molecule has 2 nitrogen and oxygen atoms in total. The van der Waals surface area contributed by atoms with Crippen LogP contribution >= 0.6 is 23.2 Å². The molecule has 0 unspecified atom stereocenters. The molecule has 0 radical (unpaired) electrons. The number of rotatable bonds is 1. The molecular weight excluding hydrogens is 291 g/mol. The molecule has 1 heterocycles. The summed E-state index contributed by atoms with van der Waals surface area (Å²) in [7, 11) is 0. The molecule has 0 bridgehead atoms. The van der Waals surface area contributed by atoms with Crippen LogP contribution in [0.1, 0.15) is 11.1 Å². The number of aromatic nitrogens is 2. The first-order chi connectivity index (χ1) is 9.56. The number of nitrogens with zero attached hydrogens (tertiary/aromatic N) is 2. The van der Waals surface area contributed by atoms with Crippen molar-refractivity contribution < 1.29 is 0 Å². The maximum absolute atomic E-state index is 6.31. The van der Waals surface area contributed by atoms with Gasteiger partial charge in [0.15, 0.2) is 5.82 Å². The van der Waals surface area contributed by atoms with Gasteiger partial charge in [-0.05, 0) is 43.2 Å². The summed E-state index contributed by atoms with van der Waals surface area (Å²) in [6.45, 7) is 3.99. The zero-order chi connectivity index (χ0) is 14.3. The fraction of sp³-hybridized carbons (Fsp3) is 0.125. The van der Waals surface area contributed by atoms with E-state index in [4.69, 9.17) is 23.2 Å². The number of aryl methyl sites for hydroxylation is 2. The Morgan fingerprint density at radius 3 is 2.50 bits per heavy atom. The summed E-state index contributed by atoms with van der Waals surface area (Å²) in [6.07, 6.45) is 0. The molecule has 0 saturated heterocycles. The molecule has 2 aromatic carbocycles. The lowest BCUT2D eigenvalue weighted by Crippen LogP contribution is -1.94. The minimum Gasteiger partial charge on any atom is -0.228 e. The van der Waals surface area contributed by atoms with E-state index < -0.39 is 0 Å². The summed E-state index contributed by atoms with van der Waals surface area (Å²) in [5, 5.41) is 1.98. The fourth-order valence-electron chi connectivity index (χ4n) is 2.22. The lowest BCUT2D eigenvalue weighted by molar-refractivity contribution is 1.22. The second-order valence-electron chi connectivity index (χ2n) is 4.79. The summed E-state index contributed by atoms with van der Waals surface area (Å²) >= 11 is 12.6. The van der Waals surface area contributed by atoms with Gasteiger partial charge in [-0.25, -0.2) is 9.97 Å². The molecule has 0 aliphatic carbocycles. The van der Waals surface area contributed by atoms with Crippen LogP contribution in [0.3, 0.4) is 0 Å². The average molecular weight is 303 g/mol. The van der Waals surface area contributed by atoms with Crippen molar-refractivity contribution in [3.05, 3.63) is 57.7 Å². The normalized spacial score (nSPS) is 11.0. The predicted molar refractivity (Wildman–Crippen MR) is 84.5 cm³/mol. The van der Waals surface area contributed by atoms with Crippen molar-refractivity contribution in [3.63, 3.8) is 0 Å². The Hall–Kier alpha value is -1.64. The third-order valence-electron chi connectivity index (χ3n) is 3.25. The van der Waals surface area contributed by atoms with E-state index in [0.717, 1.165) is 27.6 Å². The van der Waals surface area contributed by atoms with Crippen molar-refractivity contribution >= 4 is 34.1 Å². The number of hydrogen-bond acceptors (Lipinski definition) is 2. The van der Waals surface area contributed by atoms with E-state index in [0.29, 0.717) is 16.0 Å².